The predicted octanol–water partition coefficient (Wildman–Crippen LogP) is 4.91. The van der Waals surface area contributed by atoms with Crippen molar-refractivity contribution in [2.24, 2.45) is 0 Å². The van der Waals surface area contributed by atoms with Crippen molar-refractivity contribution in [2.75, 3.05) is 0 Å². The van der Waals surface area contributed by atoms with Crippen LogP contribution in [0.3, 0.4) is 0 Å². The molecule has 4 rings (SSSR count). The second kappa shape index (κ2) is 7.37. The van der Waals surface area contributed by atoms with Crippen molar-refractivity contribution in [2.45, 2.75) is 5.66 Å². The van der Waals surface area contributed by atoms with Crippen LogP contribution in [0.2, 0.25) is 0 Å². The number of carbonyl (C=O) groups is 2. The molecule has 0 radical (unpaired) electrons. The van der Waals surface area contributed by atoms with Gasteiger partial charge in [-0.3, -0.25) is 14.2 Å². The first-order chi connectivity index (χ1) is 13.9. The molecule has 0 saturated heterocycles. The molecule has 0 aliphatic heterocycles. The third kappa shape index (κ3) is 3.52. The molecule has 5 nitrogen and oxygen atoms in total. The minimum absolute atomic E-state index is 0.0000378. The van der Waals surface area contributed by atoms with Gasteiger partial charge in [0.05, 0.1) is 0 Å². The minimum atomic E-state index is -4.88. The van der Waals surface area contributed by atoms with Crippen LogP contribution in [0.1, 0.15) is 31.9 Å². The zero-order valence-electron chi connectivity index (χ0n) is 15.2. The van der Waals surface area contributed by atoms with Crippen molar-refractivity contribution < 1.29 is 23.9 Å². The molecule has 144 valence electrons. The lowest BCUT2D eigenvalue weighted by atomic mass is 9.93. The van der Waals surface area contributed by atoms with Gasteiger partial charge in [0.25, 0.3) is 0 Å². The normalized spacial score (nSPS) is 12.8. The zero-order valence-corrected chi connectivity index (χ0v) is 16.1. The molecule has 0 fully saturated rings. The lowest BCUT2D eigenvalue weighted by Gasteiger charge is -2.20. The van der Waals surface area contributed by atoms with Gasteiger partial charge in [0.15, 0.2) is 12.1 Å². The van der Waals surface area contributed by atoms with E-state index in [1.54, 1.807) is 42.5 Å². The summed E-state index contributed by atoms with van der Waals surface area (Å²) in [5.74, 6) is -0.775. The fourth-order valence-corrected chi connectivity index (χ4v) is 4.71. The molecule has 0 saturated carbocycles. The van der Waals surface area contributed by atoms with Crippen LogP contribution in [0.4, 0.5) is 0 Å². The number of benzene rings is 4. The molecule has 0 aliphatic carbocycles. The van der Waals surface area contributed by atoms with E-state index in [-0.39, 0.29) is 16.7 Å². The topological polar surface area (TPSA) is 91.7 Å². The summed E-state index contributed by atoms with van der Waals surface area (Å²) in [6.45, 7) is 0. The summed E-state index contributed by atoms with van der Waals surface area (Å²) < 4.78 is 12.4. The summed E-state index contributed by atoms with van der Waals surface area (Å²) in [6.07, 6.45) is 0.541. The SMILES string of the molecule is O=Cc1cc2ccccc2cc1C(=O)C(c1cccc2ccccc12)P(=O)(O)O. The predicted molar refractivity (Wildman–Crippen MR) is 112 cm³/mol. The van der Waals surface area contributed by atoms with Gasteiger partial charge in [-0.2, -0.15) is 0 Å². The van der Waals surface area contributed by atoms with Crippen molar-refractivity contribution in [3.05, 3.63) is 95.6 Å². The van der Waals surface area contributed by atoms with E-state index >= 15 is 0 Å². The summed E-state index contributed by atoms with van der Waals surface area (Å²) in [4.78, 5) is 45.3. The lowest BCUT2D eigenvalue weighted by molar-refractivity contribution is 0.0972. The molecule has 0 spiro atoms. The number of aldehydes is 1. The van der Waals surface area contributed by atoms with Crippen LogP contribution in [-0.2, 0) is 4.57 Å². The molecule has 29 heavy (non-hydrogen) atoms. The van der Waals surface area contributed by atoms with E-state index < -0.39 is 19.0 Å². The van der Waals surface area contributed by atoms with Crippen LogP contribution in [0, 0.1) is 0 Å². The average molecular weight is 404 g/mol. The fourth-order valence-electron chi connectivity index (χ4n) is 3.68. The lowest BCUT2D eigenvalue weighted by Crippen LogP contribution is -2.16. The molecule has 0 heterocycles. The highest BCUT2D eigenvalue weighted by Gasteiger charge is 2.39. The Morgan fingerprint density at radius 1 is 0.828 bits per heavy atom. The van der Waals surface area contributed by atoms with E-state index in [0.717, 1.165) is 10.8 Å². The zero-order chi connectivity index (χ0) is 20.6. The molecule has 6 heteroatoms. The highest BCUT2D eigenvalue weighted by Crippen LogP contribution is 2.54. The molecule has 0 aliphatic rings. The van der Waals surface area contributed by atoms with Gasteiger partial charge < -0.3 is 9.79 Å². The quantitative estimate of drug-likeness (QED) is 0.280. The summed E-state index contributed by atoms with van der Waals surface area (Å²) in [5, 5.41) is 2.84. The smallest absolute Gasteiger partial charge is 0.324 e. The Morgan fingerprint density at radius 2 is 1.41 bits per heavy atom. The number of rotatable bonds is 5. The van der Waals surface area contributed by atoms with Crippen LogP contribution in [0.15, 0.2) is 78.9 Å². The van der Waals surface area contributed by atoms with Gasteiger partial charge in [0.2, 0.25) is 0 Å². The Kier molecular flexibility index (Phi) is 4.89. The molecule has 4 aromatic rings. The Bertz CT molecular complexity index is 1300. The highest BCUT2D eigenvalue weighted by atomic mass is 31.2. The van der Waals surface area contributed by atoms with Crippen molar-refractivity contribution in [1.82, 2.24) is 0 Å². The van der Waals surface area contributed by atoms with Gasteiger partial charge in [0, 0.05) is 11.1 Å². The van der Waals surface area contributed by atoms with Crippen molar-refractivity contribution in [1.29, 1.82) is 0 Å². The minimum Gasteiger partial charge on any atom is -0.324 e. The van der Waals surface area contributed by atoms with Crippen LogP contribution >= 0.6 is 7.60 Å². The number of hydrogen-bond donors (Lipinski definition) is 2. The molecule has 0 aromatic heterocycles. The van der Waals surface area contributed by atoms with E-state index in [4.69, 9.17) is 0 Å². The van der Waals surface area contributed by atoms with E-state index in [9.17, 15) is 23.9 Å². The highest BCUT2D eigenvalue weighted by molar-refractivity contribution is 7.53. The number of ketones is 1. The standard InChI is InChI=1S/C23H17O5P/c24-14-18-12-16-7-1-2-8-17(16)13-21(18)22(25)23(29(26,27)28)20-11-5-9-15-6-3-4-10-19(15)20/h1-14,23H,(H2,26,27,28). The van der Waals surface area contributed by atoms with Gasteiger partial charge >= 0.3 is 7.60 Å². The first kappa shape index (κ1) is 19.2. The van der Waals surface area contributed by atoms with Gasteiger partial charge in [-0.15, -0.1) is 0 Å². The van der Waals surface area contributed by atoms with E-state index in [1.807, 2.05) is 30.3 Å². The molecular formula is C23H17O5P. The van der Waals surface area contributed by atoms with Crippen molar-refractivity contribution in [3.63, 3.8) is 0 Å². The Balaban J connectivity index is 1.96. The molecule has 0 amide bonds. The van der Waals surface area contributed by atoms with E-state index in [0.29, 0.717) is 17.1 Å². The third-order valence-electron chi connectivity index (χ3n) is 5.01. The Morgan fingerprint density at radius 3 is 2.07 bits per heavy atom. The summed E-state index contributed by atoms with van der Waals surface area (Å²) >= 11 is 0. The Hall–Kier alpha value is -3.11. The molecular weight excluding hydrogens is 387 g/mol. The maximum absolute atomic E-state index is 13.4. The summed E-state index contributed by atoms with van der Waals surface area (Å²) in [6, 6.07) is 22.4. The third-order valence-corrected chi connectivity index (χ3v) is 6.20. The second-order valence-corrected chi connectivity index (χ2v) is 8.52. The maximum Gasteiger partial charge on any atom is 0.340 e. The van der Waals surface area contributed by atoms with Gasteiger partial charge in [-0.05, 0) is 39.2 Å². The van der Waals surface area contributed by atoms with Crippen LogP contribution < -0.4 is 0 Å². The maximum atomic E-state index is 13.4. The second-order valence-electron chi connectivity index (χ2n) is 6.83. The number of carbonyl (C=O) groups excluding carboxylic acids is 2. The van der Waals surface area contributed by atoms with Crippen LogP contribution in [0.5, 0.6) is 0 Å². The Labute approximate surface area is 166 Å². The largest absolute Gasteiger partial charge is 0.340 e. The number of Topliss-reactive ketones (excluding diaryl/α,β-unsaturated/α-hetero) is 1. The van der Waals surface area contributed by atoms with Crippen LogP contribution in [-0.4, -0.2) is 21.9 Å². The van der Waals surface area contributed by atoms with Crippen LogP contribution in [0.25, 0.3) is 21.5 Å². The number of hydrogen-bond acceptors (Lipinski definition) is 3. The van der Waals surface area contributed by atoms with E-state index in [1.165, 1.54) is 6.07 Å². The summed E-state index contributed by atoms with van der Waals surface area (Å²) in [5.41, 5.74) is -1.35. The van der Waals surface area contributed by atoms with Crippen molar-refractivity contribution >= 4 is 41.2 Å². The van der Waals surface area contributed by atoms with E-state index in [2.05, 4.69) is 0 Å². The fraction of sp³-hybridized carbons (Fsp3) is 0.0435. The van der Waals surface area contributed by atoms with Gasteiger partial charge in [-0.25, -0.2) is 0 Å². The average Bonchev–Trinajstić information content (AvgIpc) is 2.72. The molecule has 1 atom stereocenters. The molecule has 0 bridgehead atoms. The first-order valence-electron chi connectivity index (χ1n) is 8.95. The monoisotopic (exact) mass is 404 g/mol. The van der Waals surface area contributed by atoms with Crippen molar-refractivity contribution in [3.8, 4) is 0 Å². The van der Waals surface area contributed by atoms with Gasteiger partial charge in [0.1, 0.15) is 5.66 Å². The molecule has 4 aromatic carbocycles. The first-order valence-corrected chi connectivity index (χ1v) is 10.6. The summed E-state index contributed by atoms with van der Waals surface area (Å²) in [7, 11) is -4.88. The van der Waals surface area contributed by atoms with Gasteiger partial charge in [-0.1, -0.05) is 66.7 Å². The molecule has 2 N–H and O–H groups in total. The molecule has 1 unspecified atom stereocenters. The number of fused-ring (bicyclic) bond motifs is 2.